The molecule has 3 unspecified atom stereocenters. The number of amides is 1. The summed E-state index contributed by atoms with van der Waals surface area (Å²) in [6.45, 7) is 2.86. The summed E-state index contributed by atoms with van der Waals surface area (Å²) in [4.78, 5) is 11.4. The van der Waals surface area contributed by atoms with Crippen molar-refractivity contribution in [2.75, 3.05) is 13.1 Å². The second-order valence-electron chi connectivity index (χ2n) is 4.33. The number of hydrogen-bond donors (Lipinski definition) is 4. The van der Waals surface area contributed by atoms with Gasteiger partial charge >= 0.3 is 0 Å². The third-order valence-corrected chi connectivity index (χ3v) is 2.92. The van der Waals surface area contributed by atoms with E-state index in [9.17, 15) is 15.0 Å². The van der Waals surface area contributed by atoms with Crippen LogP contribution in [0.15, 0.2) is 0 Å². The molecule has 0 bridgehead atoms. The highest BCUT2D eigenvalue weighted by Gasteiger charge is 2.32. The molecule has 5 heteroatoms. The van der Waals surface area contributed by atoms with Gasteiger partial charge in [0, 0.05) is 19.5 Å². The minimum Gasteiger partial charge on any atom is -0.389 e. The molecule has 1 heterocycles. The molecular formula is C11H22N2O3. The topological polar surface area (TPSA) is 81.6 Å². The zero-order valence-electron chi connectivity index (χ0n) is 9.78. The van der Waals surface area contributed by atoms with E-state index in [4.69, 9.17) is 0 Å². The predicted molar refractivity (Wildman–Crippen MR) is 61.0 cm³/mol. The van der Waals surface area contributed by atoms with E-state index in [1.54, 1.807) is 0 Å². The Bertz CT molecular complexity index is 223. The largest absolute Gasteiger partial charge is 0.389 e. The maximum Gasteiger partial charge on any atom is 0.220 e. The van der Waals surface area contributed by atoms with Gasteiger partial charge in [0.1, 0.15) is 0 Å². The van der Waals surface area contributed by atoms with Gasteiger partial charge in [0.05, 0.1) is 18.2 Å². The number of carbonyl (C=O) groups excluding carboxylic acids is 1. The molecule has 16 heavy (non-hydrogen) atoms. The SMILES string of the molecule is CCCCCC(=O)NCC1NCC(O)C1O. The van der Waals surface area contributed by atoms with Crippen molar-refractivity contribution in [1.82, 2.24) is 10.6 Å². The van der Waals surface area contributed by atoms with Crippen molar-refractivity contribution in [2.24, 2.45) is 0 Å². The summed E-state index contributed by atoms with van der Waals surface area (Å²) in [6.07, 6.45) is 2.11. The smallest absolute Gasteiger partial charge is 0.220 e. The van der Waals surface area contributed by atoms with Crippen molar-refractivity contribution >= 4 is 5.91 Å². The van der Waals surface area contributed by atoms with Crippen LogP contribution in [0.25, 0.3) is 0 Å². The summed E-state index contributed by atoms with van der Waals surface area (Å²) in [5.74, 6) is 0.0174. The maximum atomic E-state index is 11.4. The first-order chi connectivity index (χ1) is 7.65. The zero-order chi connectivity index (χ0) is 12.0. The highest BCUT2D eigenvalue weighted by molar-refractivity contribution is 5.75. The van der Waals surface area contributed by atoms with Gasteiger partial charge in [-0.1, -0.05) is 19.8 Å². The van der Waals surface area contributed by atoms with Crippen molar-refractivity contribution < 1.29 is 15.0 Å². The second kappa shape index (κ2) is 6.83. The Morgan fingerprint density at radius 3 is 2.75 bits per heavy atom. The first kappa shape index (κ1) is 13.4. The molecular weight excluding hydrogens is 208 g/mol. The molecule has 5 nitrogen and oxygen atoms in total. The van der Waals surface area contributed by atoms with E-state index in [0.29, 0.717) is 19.5 Å². The fraction of sp³-hybridized carbons (Fsp3) is 0.909. The Kier molecular flexibility index (Phi) is 5.73. The van der Waals surface area contributed by atoms with Crippen LogP contribution in [0.3, 0.4) is 0 Å². The monoisotopic (exact) mass is 230 g/mol. The van der Waals surface area contributed by atoms with Crippen LogP contribution in [-0.2, 0) is 4.79 Å². The van der Waals surface area contributed by atoms with E-state index < -0.39 is 12.2 Å². The molecule has 0 radical (unpaired) electrons. The molecule has 0 saturated carbocycles. The van der Waals surface area contributed by atoms with Crippen molar-refractivity contribution in [3.63, 3.8) is 0 Å². The van der Waals surface area contributed by atoms with Crippen LogP contribution in [0.4, 0.5) is 0 Å². The van der Waals surface area contributed by atoms with Crippen LogP contribution in [-0.4, -0.2) is 47.5 Å². The number of β-amino-alcohol motifs (C(OH)–C–C–N with tert-alkyl or cyclic N) is 1. The van der Waals surface area contributed by atoms with E-state index >= 15 is 0 Å². The van der Waals surface area contributed by atoms with Gasteiger partial charge in [-0.25, -0.2) is 0 Å². The predicted octanol–water partition coefficient (Wildman–Crippen LogP) is -0.623. The van der Waals surface area contributed by atoms with Gasteiger partial charge in [-0.2, -0.15) is 0 Å². The van der Waals surface area contributed by atoms with Gasteiger partial charge in [0.2, 0.25) is 5.91 Å². The summed E-state index contributed by atoms with van der Waals surface area (Å²) in [5, 5.41) is 24.5. The molecule has 0 aromatic heterocycles. The minimum absolute atomic E-state index is 0.0174. The van der Waals surface area contributed by atoms with Gasteiger partial charge < -0.3 is 20.8 Å². The number of aliphatic hydroxyl groups is 2. The number of hydrogen-bond acceptors (Lipinski definition) is 4. The Morgan fingerprint density at radius 1 is 1.44 bits per heavy atom. The fourth-order valence-electron chi connectivity index (χ4n) is 1.82. The van der Waals surface area contributed by atoms with Gasteiger partial charge in [-0.3, -0.25) is 4.79 Å². The Hall–Kier alpha value is -0.650. The lowest BCUT2D eigenvalue weighted by Crippen LogP contribution is -2.43. The van der Waals surface area contributed by atoms with Crippen LogP contribution in [0, 0.1) is 0 Å². The molecule has 0 spiro atoms. The molecule has 0 aromatic carbocycles. The van der Waals surface area contributed by atoms with Gasteiger partial charge in [-0.05, 0) is 6.42 Å². The van der Waals surface area contributed by atoms with Crippen molar-refractivity contribution in [3.8, 4) is 0 Å². The van der Waals surface area contributed by atoms with Crippen LogP contribution < -0.4 is 10.6 Å². The molecule has 94 valence electrons. The standard InChI is InChI=1S/C11H22N2O3/c1-2-3-4-5-10(15)13-6-8-11(16)9(14)7-12-8/h8-9,11-12,14,16H,2-7H2,1H3,(H,13,15). The van der Waals surface area contributed by atoms with E-state index in [1.807, 2.05) is 0 Å². The molecule has 1 rings (SSSR count). The minimum atomic E-state index is -0.782. The van der Waals surface area contributed by atoms with Crippen LogP contribution in [0.2, 0.25) is 0 Å². The van der Waals surface area contributed by atoms with Crippen LogP contribution in [0.1, 0.15) is 32.6 Å². The lowest BCUT2D eigenvalue weighted by Gasteiger charge is -2.16. The number of carbonyl (C=O) groups is 1. The van der Waals surface area contributed by atoms with Crippen LogP contribution in [0.5, 0.6) is 0 Å². The number of nitrogens with one attached hydrogen (secondary N) is 2. The Balaban J connectivity index is 2.12. The van der Waals surface area contributed by atoms with Crippen LogP contribution >= 0.6 is 0 Å². The van der Waals surface area contributed by atoms with Gasteiger partial charge in [0.15, 0.2) is 0 Å². The molecule has 0 aromatic rings. The van der Waals surface area contributed by atoms with Gasteiger partial charge in [0.25, 0.3) is 0 Å². The quantitative estimate of drug-likeness (QED) is 0.458. The lowest BCUT2D eigenvalue weighted by atomic mass is 10.1. The van der Waals surface area contributed by atoms with Crippen molar-refractivity contribution in [3.05, 3.63) is 0 Å². The number of aliphatic hydroxyl groups excluding tert-OH is 2. The molecule has 3 atom stereocenters. The van der Waals surface area contributed by atoms with E-state index in [-0.39, 0.29) is 11.9 Å². The Labute approximate surface area is 96.2 Å². The zero-order valence-corrected chi connectivity index (χ0v) is 9.78. The summed E-state index contributed by atoms with van der Waals surface area (Å²) in [5.41, 5.74) is 0. The molecule has 4 N–H and O–H groups in total. The average molecular weight is 230 g/mol. The molecule has 1 amide bonds. The number of rotatable bonds is 6. The second-order valence-corrected chi connectivity index (χ2v) is 4.33. The lowest BCUT2D eigenvalue weighted by molar-refractivity contribution is -0.121. The third-order valence-electron chi connectivity index (χ3n) is 2.92. The van der Waals surface area contributed by atoms with Gasteiger partial charge in [-0.15, -0.1) is 0 Å². The van der Waals surface area contributed by atoms with Crippen molar-refractivity contribution in [1.29, 1.82) is 0 Å². The first-order valence-corrected chi connectivity index (χ1v) is 6.01. The number of unbranched alkanes of at least 4 members (excludes halogenated alkanes) is 2. The van der Waals surface area contributed by atoms with Crippen molar-refractivity contribution in [2.45, 2.75) is 50.9 Å². The summed E-state index contributed by atoms with van der Waals surface area (Å²) < 4.78 is 0. The first-order valence-electron chi connectivity index (χ1n) is 6.01. The normalized spacial score (nSPS) is 29.3. The summed E-state index contributed by atoms with van der Waals surface area (Å²) in [7, 11) is 0. The molecule has 1 saturated heterocycles. The van der Waals surface area contributed by atoms with E-state index in [0.717, 1.165) is 19.3 Å². The molecule has 1 aliphatic heterocycles. The highest BCUT2D eigenvalue weighted by Crippen LogP contribution is 2.07. The highest BCUT2D eigenvalue weighted by atomic mass is 16.3. The maximum absolute atomic E-state index is 11.4. The summed E-state index contributed by atoms with van der Waals surface area (Å²) >= 11 is 0. The third kappa shape index (κ3) is 4.08. The Morgan fingerprint density at radius 2 is 2.19 bits per heavy atom. The molecule has 1 fully saturated rings. The van der Waals surface area contributed by atoms with E-state index in [2.05, 4.69) is 17.6 Å². The summed E-state index contributed by atoms with van der Waals surface area (Å²) in [6, 6.07) is -0.231. The van der Waals surface area contributed by atoms with E-state index in [1.165, 1.54) is 0 Å². The average Bonchev–Trinajstić information content (AvgIpc) is 2.58. The molecule has 1 aliphatic rings. The fourth-order valence-corrected chi connectivity index (χ4v) is 1.82. The molecule has 0 aliphatic carbocycles.